The Balaban J connectivity index is 4.54. The Hall–Kier alpha value is -3.72. The van der Waals surface area contributed by atoms with Crippen molar-refractivity contribution < 1.29 is 34.1 Å². The number of aliphatic hydroxyl groups excluding tert-OH is 1. The summed E-state index contributed by atoms with van der Waals surface area (Å²) in [7, 11) is 0. The van der Waals surface area contributed by atoms with Crippen LogP contribution in [0.3, 0.4) is 0 Å². The predicted molar refractivity (Wildman–Crippen MR) is 208 cm³/mol. The SMILES string of the molecule is CC/C=C\C/C=C\C/C=C\C/C=C\C(CCCCCC(=O)NCC(=O)NC(CO)C(=O)O)OC(=O)CCCCCCC/C=C\C/C=C\CCCC. The molecule has 0 aliphatic rings. The van der Waals surface area contributed by atoms with E-state index in [1.807, 2.05) is 12.2 Å². The Bertz CT molecular complexity index is 1090. The fourth-order valence-corrected chi connectivity index (χ4v) is 4.93. The van der Waals surface area contributed by atoms with Crippen molar-refractivity contribution in [1.82, 2.24) is 10.6 Å². The zero-order valence-corrected chi connectivity index (χ0v) is 31.6. The molecule has 4 N–H and O–H groups in total. The minimum absolute atomic E-state index is 0.179. The van der Waals surface area contributed by atoms with Gasteiger partial charge in [-0.05, 0) is 83.1 Å². The number of esters is 1. The normalized spacial score (nSPS) is 13.3. The molecule has 9 nitrogen and oxygen atoms in total. The minimum Gasteiger partial charge on any atom is -0.480 e. The van der Waals surface area contributed by atoms with Gasteiger partial charge in [0.05, 0.1) is 13.2 Å². The number of carbonyl (C=O) groups excluding carboxylic acids is 3. The second-order valence-corrected chi connectivity index (χ2v) is 12.6. The van der Waals surface area contributed by atoms with Gasteiger partial charge >= 0.3 is 11.9 Å². The Morgan fingerprint density at radius 1 is 0.627 bits per heavy atom. The maximum atomic E-state index is 12.7. The summed E-state index contributed by atoms with van der Waals surface area (Å²) in [4.78, 5) is 47.5. The number of hydrogen-bond donors (Lipinski definition) is 4. The molecule has 0 bridgehead atoms. The summed E-state index contributed by atoms with van der Waals surface area (Å²) in [6.45, 7) is 3.24. The average Bonchev–Trinajstić information content (AvgIpc) is 3.11. The van der Waals surface area contributed by atoms with E-state index in [1.165, 1.54) is 25.7 Å². The smallest absolute Gasteiger partial charge is 0.328 e. The topological polar surface area (TPSA) is 142 Å². The molecule has 0 rings (SSSR count). The van der Waals surface area contributed by atoms with Crippen molar-refractivity contribution in [3.63, 3.8) is 0 Å². The van der Waals surface area contributed by atoms with Crippen LogP contribution in [-0.2, 0) is 23.9 Å². The van der Waals surface area contributed by atoms with Gasteiger partial charge in [0.25, 0.3) is 0 Å². The quantitative estimate of drug-likeness (QED) is 0.0303. The molecule has 51 heavy (non-hydrogen) atoms. The third-order valence-electron chi connectivity index (χ3n) is 7.92. The maximum Gasteiger partial charge on any atom is 0.328 e. The highest BCUT2D eigenvalue weighted by atomic mass is 16.5. The van der Waals surface area contributed by atoms with E-state index >= 15 is 0 Å². The molecule has 0 aromatic carbocycles. The van der Waals surface area contributed by atoms with Crippen molar-refractivity contribution in [2.45, 2.75) is 154 Å². The molecular weight excluding hydrogens is 644 g/mol. The number of carboxylic acids is 1. The number of ether oxygens (including phenoxy) is 1. The molecule has 2 unspecified atom stereocenters. The molecule has 0 aliphatic carbocycles. The number of carbonyl (C=O) groups is 4. The first-order valence-corrected chi connectivity index (χ1v) is 19.3. The fraction of sp³-hybridized carbons (Fsp3) is 0.619. The molecule has 0 fully saturated rings. The highest BCUT2D eigenvalue weighted by molar-refractivity contribution is 5.87. The molecule has 0 saturated heterocycles. The number of rotatable bonds is 33. The summed E-state index contributed by atoms with van der Waals surface area (Å²) in [5, 5.41) is 22.5. The molecule has 0 spiro atoms. The molecule has 2 atom stereocenters. The number of aliphatic hydroxyl groups is 1. The third-order valence-corrected chi connectivity index (χ3v) is 7.92. The van der Waals surface area contributed by atoms with Gasteiger partial charge in [0, 0.05) is 12.8 Å². The van der Waals surface area contributed by atoms with Crippen LogP contribution in [-0.4, -0.2) is 59.3 Å². The molecule has 2 amide bonds. The molecule has 0 heterocycles. The lowest BCUT2D eigenvalue weighted by atomic mass is 10.1. The van der Waals surface area contributed by atoms with E-state index in [0.717, 1.165) is 77.0 Å². The molecule has 9 heteroatoms. The Kier molecular flexibility index (Phi) is 33.5. The van der Waals surface area contributed by atoms with Crippen molar-refractivity contribution in [3.05, 3.63) is 72.9 Å². The first-order chi connectivity index (χ1) is 24.8. The van der Waals surface area contributed by atoms with Gasteiger partial charge in [0.15, 0.2) is 0 Å². The fourth-order valence-electron chi connectivity index (χ4n) is 4.93. The number of allylic oxidation sites excluding steroid dienone is 11. The van der Waals surface area contributed by atoms with E-state index < -0.39 is 24.5 Å². The zero-order chi connectivity index (χ0) is 37.6. The van der Waals surface area contributed by atoms with E-state index in [0.29, 0.717) is 19.3 Å². The Labute approximate surface area is 308 Å². The Morgan fingerprint density at radius 3 is 1.80 bits per heavy atom. The lowest BCUT2D eigenvalue weighted by Gasteiger charge is -2.15. The van der Waals surface area contributed by atoms with Crippen LogP contribution in [0.2, 0.25) is 0 Å². The minimum atomic E-state index is -1.41. The van der Waals surface area contributed by atoms with Crippen LogP contribution in [0.4, 0.5) is 0 Å². The summed E-state index contributed by atoms with van der Waals surface area (Å²) in [5.41, 5.74) is 0. The molecule has 0 aromatic rings. The molecule has 0 aromatic heterocycles. The number of unbranched alkanes of at least 4 members (excludes halogenated alkanes) is 9. The summed E-state index contributed by atoms with van der Waals surface area (Å²) < 4.78 is 5.84. The van der Waals surface area contributed by atoms with Crippen molar-refractivity contribution >= 4 is 23.8 Å². The number of amides is 2. The van der Waals surface area contributed by atoms with Crippen molar-refractivity contribution in [1.29, 1.82) is 0 Å². The highest BCUT2D eigenvalue weighted by Gasteiger charge is 2.18. The van der Waals surface area contributed by atoms with Crippen molar-refractivity contribution in [2.75, 3.05) is 13.2 Å². The van der Waals surface area contributed by atoms with Gasteiger partial charge in [-0.2, -0.15) is 0 Å². The number of aliphatic carboxylic acids is 1. The molecule has 0 aliphatic heterocycles. The van der Waals surface area contributed by atoms with Gasteiger partial charge < -0.3 is 25.6 Å². The van der Waals surface area contributed by atoms with Crippen LogP contribution in [0.1, 0.15) is 142 Å². The summed E-state index contributed by atoms with van der Waals surface area (Å²) in [6.07, 6.45) is 43.7. The number of nitrogens with one attached hydrogen (secondary N) is 2. The van der Waals surface area contributed by atoms with Crippen LogP contribution in [0.25, 0.3) is 0 Å². The van der Waals surface area contributed by atoms with Crippen LogP contribution >= 0.6 is 0 Å². The third kappa shape index (κ3) is 33.2. The molecule has 288 valence electrons. The number of carboxylic acid groups (broad SMARTS) is 1. The van der Waals surface area contributed by atoms with Crippen LogP contribution in [0.5, 0.6) is 0 Å². The van der Waals surface area contributed by atoms with Gasteiger partial charge in [-0.1, -0.05) is 119 Å². The number of hydrogen-bond acceptors (Lipinski definition) is 6. The molecule has 0 radical (unpaired) electrons. The zero-order valence-electron chi connectivity index (χ0n) is 31.6. The van der Waals surface area contributed by atoms with Gasteiger partial charge in [0.1, 0.15) is 12.1 Å². The second kappa shape index (κ2) is 36.1. The summed E-state index contributed by atoms with van der Waals surface area (Å²) in [5.74, 6) is -2.53. The lowest BCUT2D eigenvalue weighted by molar-refractivity contribution is -0.147. The summed E-state index contributed by atoms with van der Waals surface area (Å²) in [6, 6.07) is -1.41. The van der Waals surface area contributed by atoms with Crippen molar-refractivity contribution in [3.8, 4) is 0 Å². The standard InChI is InChI=1S/C42H68N2O7/c1-3-5-7-9-11-13-15-16-17-19-21-23-25-30-34-41(48)51-37(31-27-24-22-20-18-14-12-10-8-6-4-2)32-28-26-29-33-39(46)43-35-40(47)44-38(36-45)42(49)50/h6,8-9,11-12,14-16,20,22,27,31,37-38,45H,3-5,7,10,13,17-19,21,23-26,28-30,32-36H2,1-2H3,(H,43,46)(H,44,47)(H,49,50)/b8-6-,11-9-,14-12-,16-15-,22-20-,31-27-. The maximum absolute atomic E-state index is 12.7. The van der Waals surface area contributed by atoms with Crippen molar-refractivity contribution in [2.24, 2.45) is 0 Å². The predicted octanol–water partition coefficient (Wildman–Crippen LogP) is 8.76. The van der Waals surface area contributed by atoms with Crippen LogP contribution < -0.4 is 10.6 Å². The first kappa shape index (κ1) is 47.3. The monoisotopic (exact) mass is 713 g/mol. The lowest BCUT2D eigenvalue weighted by Crippen LogP contribution is -2.47. The van der Waals surface area contributed by atoms with E-state index in [4.69, 9.17) is 14.9 Å². The van der Waals surface area contributed by atoms with Gasteiger partial charge in [-0.25, -0.2) is 4.79 Å². The van der Waals surface area contributed by atoms with E-state index in [1.54, 1.807) is 0 Å². The first-order valence-electron chi connectivity index (χ1n) is 19.3. The van der Waals surface area contributed by atoms with E-state index in [2.05, 4.69) is 85.2 Å². The van der Waals surface area contributed by atoms with Crippen LogP contribution in [0, 0.1) is 0 Å². The Morgan fingerprint density at radius 2 is 1.18 bits per heavy atom. The van der Waals surface area contributed by atoms with Crippen LogP contribution in [0.15, 0.2) is 72.9 Å². The second-order valence-electron chi connectivity index (χ2n) is 12.6. The largest absolute Gasteiger partial charge is 0.480 e. The molecule has 0 saturated carbocycles. The highest BCUT2D eigenvalue weighted by Crippen LogP contribution is 2.14. The van der Waals surface area contributed by atoms with Gasteiger partial charge in [-0.3, -0.25) is 14.4 Å². The summed E-state index contributed by atoms with van der Waals surface area (Å²) >= 11 is 0. The van der Waals surface area contributed by atoms with E-state index in [-0.39, 0.29) is 30.9 Å². The van der Waals surface area contributed by atoms with Gasteiger partial charge in [-0.15, -0.1) is 0 Å². The van der Waals surface area contributed by atoms with E-state index in [9.17, 15) is 19.2 Å². The average molecular weight is 713 g/mol. The van der Waals surface area contributed by atoms with Gasteiger partial charge in [0.2, 0.25) is 11.8 Å². The molecular formula is C42H68N2O7.